The smallest absolute Gasteiger partial charge is 0.306 e. The van der Waals surface area contributed by atoms with Crippen molar-refractivity contribution in [1.29, 1.82) is 0 Å². The molecule has 3 heteroatoms. The molecule has 3 rings (SSSR count). The SMILES string of the molecule is O=C(O)C1CCCC1Cc1ccnc2ccccc12. The molecule has 1 aromatic heterocycles. The van der Waals surface area contributed by atoms with Crippen LogP contribution in [0, 0.1) is 11.8 Å². The maximum atomic E-state index is 11.3. The Kier molecular flexibility index (Phi) is 3.20. The molecule has 1 aliphatic carbocycles. The molecule has 1 fully saturated rings. The number of benzene rings is 1. The minimum atomic E-state index is -0.638. The normalized spacial score (nSPS) is 22.7. The van der Waals surface area contributed by atoms with E-state index in [4.69, 9.17) is 0 Å². The van der Waals surface area contributed by atoms with Crippen molar-refractivity contribution in [1.82, 2.24) is 4.98 Å². The molecule has 3 nitrogen and oxygen atoms in total. The number of aliphatic carboxylic acids is 1. The number of carboxylic acids is 1. The first kappa shape index (κ1) is 12.2. The first-order valence-electron chi connectivity index (χ1n) is 6.81. The maximum Gasteiger partial charge on any atom is 0.306 e. The van der Waals surface area contributed by atoms with E-state index in [1.54, 1.807) is 0 Å². The van der Waals surface area contributed by atoms with Crippen LogP contribution >= 0.6 is 0 Å². The van der Waals surface area contributed by atoms with Gasteiger partial charge in [0.05, 0.1) is 11.4 Å². The largest absolute Gasteiger partial charge is 0.481 e. The van der Waals surface area contributed by atoms with Gasteiger partial charge < -0.3 is 5.11 Å². The predicted octanol–water partition coefficient (Wildman–Crippen LogP) is 3.28. The van der Waals surface area contributed by atoms with Crippen LogP contribution in [0.3, 0.4) is 0 Å². The van der Waals surface area contributed by atoms with E-state index in [-0.39, 0.29) is 11.8 Å². The number of hydrogen-bond donors (Lipinski definition) is 1. The van der Waals surface area contributed by atoms with Crippen molar-refractivity contribution >= 4 is 16.9 Å². The van der Waals surface area contributed by atoms with Crippen molar-refractivity contribution in [2.24, 2.45) is 11.8 Å². The first-order valence-corrected chi connectivity index (χ1v) is 6.81. The van der Waals surface area contributed by atoms with E-state index in [1.807, 2.05) is 30.5 Å². The van der Waals surface area contributed by atoms with E-state index in [1.165, 1.54) is 5.56 Å². The van der Waals surface area contributed by atoms with E-state index in [9.17, 15) is 9.90 Å². The summed E-state index contributed by atoms with van der Waals surface area (Å²) >= 11 is 0. The van der Waals surface area contributed by atoms with Crippen LogP contribution in [0.1, 0.15) is 24.8 Å². The number of aromatic nitrogens is 1. The highest BCUT2D eigenvalue weighted by Gasteiger charge is 2.32. The van der Waals surface area contributed by atoms with Gasteiger partial charge in [0.2, 0.25) is 0 Å². The Bertz CT molecular complexity index is 603. The molecule has 0 radical (unpaired) electrons. The van der Waals surface area contributed by atoms with Crippen LogP contribution < -0.4 is 0 Å². The summed E-state index contributed by atoms with van der Waals surface area (Å²) in [5.74, 6) is -0.545. The predicted molar refractivity (Wildman–Crippen MR) is 73.9 cm³/mol. The zero-order chi connectivity index (χ0) is 13.2. The van der Waals surface area contributed by atoms with Crippen LogP contribution in [0.4, 0.5) is 0 Å². The molecule has 19 heavy (non-hydrogen) atoms. The lowest BCUT2D eigenvalue weighted by molar-refractivity contribution is -0.142. The van der Waals surface area contributed by atoms with Crippen LogP contribution in [0.25, 0.3) is 10.9 Å². The third kappa shape index (κ3) is 2.33. The average molecular weight is 255 g/mol. The summed E-state index contributed by atoms with van der Waals surface area (Å²) in [6.45, 7) is 0. The fraction of sp³-hybridized carbons (Fsp3) is 0.375. The molecule has 2 atom stereocenters. The molecular weight excluding hydrogens is 238 g/mol. The van der Waals surface area contributed by atoms with Gasteiger partial charge in [0.1, 0.15) is 0 Å². The molecule has 0 spiro atoms. The van der Waals surface area contributed by atoms with Gasteiger partial charge in [-0.05, 0) is 42.9 Å². The minimum absolute atomic E-state index is 0.174. The van der Waals surface area contributed by atoms with E-state index in [0.29, 0.717) is 0 Å². The highest BCUT2D eigenvalue weighted by Crippen LogP contribution is 2.35. The number of nitrogens with zero attached hydrogens (tertiary/aromatic N) is 1. The Morgan fingerprint density at radius 2 is 2.11 bits per heavy atom. The molecule has 1 aromatic carbocycles. The first-order chi connectivity index (χ1) is 9.25. The third-order valence-corrected chi connectivity index (χ3v) is 4.20. The Hall–Kier alpha value is -1.90. The van der Waals surface area contributed by atoms with E-state index in [2.05, 4.69) is 11.1 Å². The quantitative estimate of drug-likeness (QED) is 0.915. The van der Waals surface area contributed by atoms with Crippen LogP contribution in [-0.2, 0) is 11.2 Å². The summed E-state index contributed by atoms with van der Waals surface area (Å²) in [6.07, 6.45) is 5.55. The van der Waals surface area contributed by atoms with Crippen LogP contribution in [-0.4, -0.2) is 16.1 Å². The number of carboxylic acid groups (broad SMARTS) is 1. The number of carbonyl (C=O) groups is 1. The lowest BCUT2D eigenvalue weighted by Gasteiger charge is -2.16. The fourth-order valence-corrected chi connectivity index (χ4v) is 3.22. The number of pyridine rings is 1. The van der Waals surface area contributed by atoms with Crippen molar-refractivity contribution in [2.45, 2.75) is 25.7 Å². The van der Waals surface area contributed by atoms with Gasteiger partial charge in [-0.25, -0.2) is 0 Å². The Morgan fingerprint density at radius 3 is 2.95 bits per heavy atom. The van der Waals surface area contributed by atoms with E-state index < -0.39 is 5.97 Å². The van der Waals surface area contributed by atoms with Gasteiger partial charge in [0.25, 0.3) is 0 Å². The number of fused-ring (bicyclic) bond motifs is 1. The van der Waals surface area contributed by atoms with E-state index >= 15 is 0 Å². The average Bonchev–Trinajstić information content (AvgIpc) is 2.87. The van der Waals surface area contributed by atoms with Crippen LogP contribution in [0.15, 0.2) is 36.5 Å². The maximum absolute atomic E-state index is 11.3. The van der Waals surface area contributed by atoms with Crippen LogP contribution in [0.5, 0.6) is 0 Å². The van der Waals surface area contributed by atoms with Crippen molar-refractivity contribution in [3.63, 3.8) is 0 Å². The summed E-state index contributed by atoms with van der Waals surface area (Å²) in [5.41, 5.74) is 2.22. The lowest BCUT2D eigenvalue weighted by atomic mass is 9.88. The van der Waals surface area contributed by atoms with Gasteiger partial charge in [-0.1, -0.05) is 24.6 Å². The fourth-order valence-electron chi connectivity index (χ4n) is 3.22. The molecule has 1 heterocycles. The van der Waals surface area contributed by atoms with Gasteiger partial charge in [0.15, 0.2) is 0 Å². The van der Waals surface area contributed by atoms with Gasteiger partial charge in [-0.2, -0.15) is 0 Å². The van der Waals surface area contributed by atoms with Gasteiger partial charge >= 0.3 is 5.97 Å². The Morgan fingerprint density at radius 1 is 1.26 bits per heavy atom. The molecule has 2 aromatic rings. The summed E-state index contributed by atoms with van der Waals surface area (Å²) < 4.78 is 0. The second-order valence-electron chi connectivity index (χ2n) is 5.33. The van der Waals surface area contributed by atoms with Crippen molar-refractivity contribution in [3.8, 4) is 0 Å². The molecule has 0 bridgehead atoms. The number of hydrogen-bond acceptors (Lipinski definition) is 2. The summed E-state index contributed by atoms with van der Waals surface area (Å²) in [4.78, 5) is 15.6. The van der Waals surface area contributed by atoms with Crippen molar-refractivity contribution in [2.75, 3.05) is 0 Å². The Balaban J connectivity index is 1.91. The van der Waals surface area contributed by atoms with Crippen molar-refractivity contribution in [3.05, 3.63) is 42.1 Å². The highest BCUT2D eigenvalue weighted by atomic mass is 16.4. The molecular formula is C16H17NO2. The molecule has 2 unspecified atom stereocenters. The van der Waals surface area contributed by atoms with Crippen LogP contribution in [0.2, 0.25) is 0 Å². The van der Waals surface area contributed by atoms with Gasteiger partial charge in [-0.3, -0.25) is 9.78 Å². The molecule has 1 saturated carbocycles. The highest BCUT2D eigenvalue weighted by molar-refractivity contribution is 5.82. The summed E-state index contributed by atoms with van der Waals surface area (Å²) in [6, 6.07) is 10.1. The topological polar surface area (TPSA) is 50.2 Å². The molecule has 98 valence electrons. The lowest BCUT2D eigenvalue weighted by Crippen LogP contribution is -2.20. The molecule has 1 aliphatic rings. The Labute approximate surface area is 112 Å². The minimum Gasteiger partial charge on any atom is -0.481 e. The number of rotatable bonds is 3. The van der Waals surface area contributed by atoms with E-state index in [0.717, 1.165) is 36.6 Å². The van der Waals surface area contributed by atoms with Gasteiger partial charge in [0, 0.05) is 11.6 Å². The molecule has 0 saturated heterocycles. The van der Waals surface area contributed by atoms with Gasteiger partial charge in [-0.15, -0.1) is 0 Å². The zero-order valence-corrected chi connectivity index (χ0v) is 10.7. The third-order valence-electron chi connectivity index (χ3n) is 4.20. The zero-order valence-electron chi connectivity index (χ0n) is 10.7. The molecule has 0 amide bonds. The molecule has 0 aliphatic heterocycles. The van der Waals surface area contributed by atoms with Crippen molar-refractivity contribution < 1.29 is 9.90 Å². The summed E-state index contributed by atoms with van der Waals surface area (Å²) in [5, 5.41) is 10.4. The second-order valence-corrected chi connectivity index (χ2v) is 5.33. The monoisotopic (exact) mass is 255 g/mol. The number of para-hydroxylation sites is 1. The second kappa shape index (κ2) is 5.00. The molecule has 1 N–H and O–H groups in total. The standard InChI is InChI=1S/C16H17NO2/c18-16(19)14-6-3-4-11(14)10-12-8-9-17-15-7-2-1-5-13(12)15/h1-2,5,7-9,11,14H,3-4,6,10H2,(H,18,19). The summed E-state index contributed by atoms with van der Waals surface area (Å²) in [7, 11) is 0.